The molecule has 128 valence electrons. The summed E-state index contributed by atoms with van der Waals surface area (Å²) in [4.78, 5) is 24.0. The van der Waals surface area contributed by atoms with E-state index in [1.54, 1.807) is 0 Å². The number of aromatic nitrogens is 4. The maximum Gasteiger partial charge on any atom is 0.267 e. The van der Waals surface area contributed by atoms with Crippen LogP contribution in [-0.4, -0.2) is 33.0 Å². The van der Waals surface area contributed by atoms with Crippen molar-refractivity contribution in [1.82, 2.24) is 20.0 Å². The van der Waals surface area contributed by atoms with Crippen molar-refractivity contribution in [1.29, 1.82) is 0 Å². The Kier molecular flexibility index (Phi) is 4.80. The van der Waals surface area contributed by atoms with Crippen molar-refractivity contribution in [3.05, 3.63) is 52.0 Å². The number of carbonyl (C=O) groups is 1. The molecule has 0 saturated heterocycles. The molecule has 3 rings (SSSR count). The minimum absolute atomic E-state index is 0.274. The second kappa shape index (κ2) is 7.18. The maximum absolute atomic E-state index is 13.3. The fraction of sp³-hybridized carbons (Fsp3) is 0.133. The van der Waals surface area contributed by atoms with E-state index in [2.05, 4.69) is 20.6 Å². The molecular formula is C15H12FN5O3S. The summed E-state index contributed by atoms with van der Waals surface area (Å²) in [5, 5.41) is 14.3. The fourth-order valence-electron chi connectivity index (χ4n) is 2.10. The highest BCUT2D eigenvalue weighted by Gasteiger charge is 2.12. The third-order valence-electron chi connectivity index (χ3n) is 3.21. The fourth-order valence-corrected chi connectivity index (χ4v) is 2.57. The van der Waals surface area contributed by atoms with E-state index < -0.39 is 17.3 Å². The summed E-state index contributed by atoms with van der Waals surface area (Å²) < 4.78 is 19.5. The van der Waals surface area contributed by atoms with Gasteiger partial charge in [0.05, 0.1) is 12.8 Å². The van der Waals surface area contributed by atoms with Crippen molar-refractivity contribution in [3.63, 3.8) is 0 Å². The molecule has 0 bridgehead atoms. The molecule has 0 aliphatic rings. The van der Waals surface area contributed by atoms with Crippen LogP contribution in [-0.2, 0) is 11.3 Å². The number of hydrogen-bond acceptors (Lipinski definition) is 7. The lowest BCUT2D eigenvalue weighted by Crippen LogP contribution is -2.29. The van der Waals surface area contributed by atoms with Crippen LogP contribution in [0.25, 0.3) is 11.3 Å². The summed E-state index contributed by atoms with van der Waals surface area (Å²) >= 11 is 1.16. The lowest BCUT2D eigenvalue weighted by molar-refractivity contribution is -0.117. The molecule has 2 aromatic heterocycles. The highest BCUT2D eigenvalue weighted by Crippen LogP contribution is 2.28. The van der Waals surface area contributed by atoms with Gasteiger partial charge >= 0.3 is 0 Å². The van der Waals surface area contributed by atoms with Crippen molar-refractivity contribution in [2.75, 3.05) is 12.4 Å². The van der Waals surface area contributed by atoms with Gasteiger partial charge in [0.2, 0.25) is 11.0 Å². The number of hydrogen-bond donors (Lipinski definition) is 1. The molecule has 2 heterocycles. The van der Waals surface area contributed by atoms with Crippen LogP contribution in [0.4, 0.5) is 9.52 Å². The Morgan fingerprint density at radius 1 is 1.36 bits per heavy atom. The van der Waals surface area contributed by atoms with E-state index in [4.69, 9.17) is 4.74 Å². The Hall–Kier alpha value is -3.14. The van der Waals surface area contributed by atoms with E-state index in [1.165, 1.54) is 43.0 Å². The molecule has 8 nitrogen and oxygen atoms in total. The SMILES string of the molecule is COc1cc(F)ccc1-c1ccc(=O)n(CC(=O)Nc2nncs2)n1. The van der Waals surface area contributed by atoms with Gasteiger partial charge in [0.15, 0.2) is 0 Å². The molecule has 0 saturated carbocycles. The number of carbonyl (C=O) groups excluding carboxylic acids is 1. The van der Waals surface area contributed by atoms with Gasteiger partial charge in [-0.1, -0.05) is 11.3 Å². The summed E-state index contributed by atoms with van der Waals surface area (Å²) in [5.74, 6) is -0.643. The number of rotatable bonds is 5. The molecule has 10 heteroatoms. The van der Waals surface area contributed by atoms with Gasteiger partial charge in [-0.3, -0.25) is 14.9 Å². The van der Waals surface area contributed by atoms with Crippen molar-refractivity contribution in [3.8, 4) is 17.0 Å². The van der Waals surface area contributed by atoms with Crippen molar-refractivity contribution < 1.29 is 13.9 Å². The van der Waals surface area contributed by atoms with Crippen LogP contribution in [0.3, 0.4) is 0 Å². The average molecular weight is 361 g/mol. The van der Waals surface area contributed by atoms with E-state index in [9.17, 15) is 14.0 Å². The van der Waals surface area contributed by atoms with Crippen LogP contribution in [0.2, 0.25) is 0 Å². The number of anilines is 1. The zero-order valence-corrected chi connectivity index (χ0v) is 13.8. The maximum atomic E-state index is 13.3. The number of nitrogens with one attached hydrogen (secondary N) is 1. The predicted octanol–water partition coefficient (Wildman–Crippen LogP) is 1.55. The number of methoxy groups -OCH3 is 1. The van der Waals surface area contributed by atoms with E-state index in [0.717, 1.165) is 16.0 Å². The summed E-state index contributed by atoms with van der Waals surface area (Å²) in [7, 11) is 1.41. The molecule has 1 amide bonds. The minimum Gasteiger partial charge on any atom is -0.496 e. The number of nitrogens with zero attached hydrogens (tertiary/aromatic N) is 4. The van der Waals surface area contributed by atoms with Crippen LogP contribution >= 0.6 is 11.3 Å². The zero-order chi connectivity index (χ0) is 17.8. The molecule has 0 unspecified atom stereocenters. The first-order valence-electron chi connectivity index (χ1n) is 7.05. The van der Waals surface area contributed by atoms with E-state index in [-0.39, 0.29) is 12.3 Å². The topological polar surface area (TPSA) is 99.0 Å². The highest BCUT2D eigenvalue weighted by molar-refractivity contribution is 7.13. The number of amides is 1. The Bertz CT molecular complexity index is 958. The van der Waals surface area contributed by atoms with Gasteiger partial charge < -0.3 is 4.74 Å². The van der Waals surface area contributed by atoms with Gasteiger partial charge in [-0.05, 0) is 18.2 Å². The quantitative estimate of drug-likeness (QED) is 0.740. The summed E-state index contributed by atoms with van der Waals surface area (Å²) in [6, 6.07) is 6.74. The second-order valence-electron chi connectivity index (χ2n) is 4.85. The summed E-state index contributed by atoms with van der Waals surface area (Å²) in [6.45, 7) is -0.296. The molecule has 0 aliphatic carbocycles. The summed E-state index contributed by atoms with van der Waals surface area (Å²) in [5.41, 5.74) is 1.90. The van der Waals surface area contributed by atoms with Crippen LogP contribution in [0.5, 0.6) is 5.75 Å². The smallest absolute Gasteiger partial charge is 0.267 e. The Balaban J connectivity index is 1.88. The lowest BCUT2D eigenvalue weighted by Gasteiger charge is -2.10. The van der Waals surface area contributed by atoms with E-state index >= 15 is 0 Å². The molecule has 0 spiro atoms. The highest BCUT2D eigenvalue weighted by atomic mass is 32.1. The normalized spacial score (nSPS) is 10.5. The third kappa shape index (κ3) is 3.86. The molecule has 0 radical (unpaired) electrons. The van der Waals surface area contributed by atoms with Crippen LogP contribution in [0.15, 0.2) is 40.6 Å². The lowest BCUT2D eigenvalue weighted by atomic mass is 10.1. The third-order valence-corrected chi connectivity index (χ3v) is 3.81. The van der Waals surface area contributed by atoms with Crippen molar-refractivity contribution in [2.24, 2.45) is 0 Å². The molecular weight excluding hydrogens is 349 g/mol. The van der Waals surface area contributed by atoms with Crippen molar-refractivity contribution in [2.45, 2.75) is 6.54 Å². The number of ether oxygens (including phenoxy) is 1. The summed E-state index contributed by atoms with van der Waals surface area (Å²) in [6.07, 6.45) is 0. The molecule has 1 aromatic carbocycles. The van der Waals surface area contributed by atoms with Crippen LogP contribution in [0.1, 0.15) is 0 Å². The average Bonchev–Trinajstić information content (AvgIpc) is 3.09. The minimum atomic E-state index is -0.463. The molecule has 0 aliphatic heterocycles. The molecule has 25 heavy (non-hydrogen) atoms. The molecule has 0 atom stereocenters. The van der Waals surface area contributed by atoms with Crippen molar-refractivity contribution >= 4 is 22.4 Å². The first-order valence-corrected chi connectivity index (χ1v) is 7.93. The van der Waals surface area contributed by atoms with Gasteiger partial charge in [-0.2, -0.15) is 5.10 Å². The van der Waals surface area contributed by atoms with Gasteiger partial charge in [0.25, 0.3) is 5.56 Å². The Morgan fingerprint density at radius 2 is 2.20 bits per heavy atom. The number of halogens is 1. The monoisotopic (exact) mass is 361 g/mol. The van der Waals surface area contributed by atoms with Gasteiger partial charge in [0.1, 0.15) is 23.6 Å². The first kappa shape index (κ1) is 16.7. The predicted molar refractivity (Wildman–Crippen MR) is 89.0 cm³/mol. The second-order valence-corrected chi connectivity index (χ2v) is 5.68. The van der Waals surface area contributed by atoms with Gasteiger partial charge in [-0.25, -0.2) is 9.07 Å². The van der Waals surface area contributed by atoms with E-state index in [1.807, 2.05) is 0 Å². The molecule has 1 N–H and O–H groups in total. The Morgan fingerprint density at radius 3 is 2.92 bits per heavy atom. The first-order chi connectivity index (χ1) is 12.1. The molecule has 3 aromatic rings. The van der Waals surface area contributed by atoms with Gasteiger partial charge in [0, 0.05) is 17.7 Å². The van der Waals surface area contributed by atoms with Gasteiger partial charge in [-0.15, -0.1) is 10.2 Å². The number of benzene rings is 1. The van der Waals surface area contributed by atoms with E-state index in [0.29, 0.717) is 16.4 Å². The molecule has 0 fully saturated rings. The largest absolute Gasteiger partial charge is 0.496 e. The zero-order valence-electron chi connectivity index (χ0n) is 13.0. The standard InChI is InChI=1S/C15H12FN5O3S/c1-24-12-6-9(16)2-3-10(12)11-4-5-14(23)21(20-11)7-13(22)18-15-19-17-8-25-15/h2-6,8H,7H2,1H3,(H,18,19,22). The van der Waals surface area contributed by atoms with Crippen LogP contribution < -0.4 is 15.6 Å². The Labute approximate surface area is 144 Å². The van der Waals surface area contributed by atoms with Crippen LogP contribution in [0, 0.1) is 5.82 Å².